The SMILES string of the molecule is Cc1nnc(-c2ccc(C(=O)NC3c4ccccc4CC3O)cc2)o1. The molecule has 25 heavy (non-hydrogen) atoms. The standard InChI is InChI=1S/C19H17N3O3/c1-11-21-22-19(25-11)13-8-6-12(7-9-13)18(24)20-17-15-5-3-2-4-14(15)10-16(17)23/h2-9,16-17,23H,10H2,1H3,(H,20,24). The van der Waals surface area contributed by atoms with E-state index in [-0.39, 0.29) is 11.9 Å². The highest BCUT2D eigenvalue weighted by Gasteiger charge is 2.32. The number of nitrogens with one attached hydrogen (secondary N) is 1. The molecule has 0 aliphatic heterocycles. The van der Waals surface area contributed by atoms with Gasteiger partial charge in [-0.15, -0.1) is 10.2 Å². The zero-order valence-electron chi connectivity index (χ0n) is 13.6. The van der Waals surface area contributed by atoms with Crippen molar-refractivity contribution in [3.63, 3.8) is 0 Å². The number of aliphatic hydroxyl groups is 1. The predicted molar refractivity (Wildman–Crippen MR) is 90.8 cm³/mol. The van der Waals surface area contributed by atoms with E-state index >= 15 is 0 Å². The first-order valence-corrected chi connectivity index (χ1v) is 8.09. The highest BCUT2D eigenvalue weighted by Crippen LogP contribution is 2.31. The lowest BCUT2D eigenvalue weighted by atomic mass is 10.1. The van der Waals surface area contributed by atoms with Crippen molar-refractivity contribution in [3.05, 3.63) is 71.1 Å². The van der Waals surface area contributed by atoms with Crippen LogP contribution in [-0.4, -0.2) is 27.3 Å². The van der Waals surface area contributed by atoms with Crippen molar-refractivity contribution in [2.45, 2.75) is 25.5 Å². The molecule has 0 radical (unpaired) electrons. The molecule has 2 aromatic carbocycles. The van der Waals surface area contributed by atoms with Crippen molar-refractivity contribution in [1.82, 2.24) is 15.5 Å². The highest BCUT2D eigenvalue weighted by atomic mass is 16.4. The molecule has 0 spiro atoms. The molecular formula is C19H17N3O3. The highest BCUT2D eigenvalue weighted by molar-refractivity contribution is 5.95. The summed E-state index contributed by atoms with van der Waals surface area (Å²) in [7, 11) is 0. The van der Waals surface area contributed by atoms with Crippen LogP contribution in [0.25, 0.3) is 11.5 Å². The Morgan fingerprint density at radius 1 is 1.16 bits per heavy atom. The smallest absolute Gasteiger partial charge is 0.251 e. The van der Waals surface area contributed by atoms with Crippen LogP contribution in [-0.2, 0) is 6.42 Å². The first-order chi connectivity index (χ1) is 12.1. The molecule has 1 amide bonds. The van der Waals surface area contributed by atoms with E-state index in [2.05, 4.69) is 15.5 Å². The summed E-state index contributed by atoms with van der Waals surface area (Å²) in [6.45, 7) is 1.73. The maximum Gasteiger partial charge on any atom is 0.251 e. The van der Waals surface area contributed by atoms with Crippen LogP contribution >= 0.6 is 0 Å². The maximum absolute atomic E-state index is 12.5. The average Bonchev–Trinajstić information content (AvgIpc) is 3.19. The molecule has 1 aliphatic rings. The molecule has 1 heterocycles. The summed E-state index contributed by atoms with van der Waals surface area (Å²) in [6.07, 6.45) is -0.0571. The van der Waals surface area contributed by atoms with Gasteiger partial charge in [0.2, 0.25) is 11.8 Å². The number of carbonyl (C=O) groups excluding carboxylic acids is 1. The number of rotatable bonds is 3. The average molecular weight is 335 g/mol. The largest absolute Gasteiger partial charge is 0.421 e. The van der Waals surface area contributed by atoms with Gasteiger partial charge in [-0.05, 0) is 35.4 Å². The summed E-state index contributed by atoms with van der Waals surface area (Å²) < 4.78 is 5.37. The molecule has 0 saturated heterocycles. The number of nitrogens with zero attached hydrogens (tertiary/aromatic N) is 2. The van der Waals surface area contributed by atoms with Gasteiger partial charge >= 0.3 is 0 Å². The number of fused-ring (bicyclic) bond motifs is 1. The van der Waals surface area contributed by atoms with Gasteiger partial charge in [-0.1, -0.05) is 24.3 Å². The van der Waals surface area contributed by atoms with Crippen molar-refractivity contribution >= 4 is 5.91 Å². The number of hydrogen-bond acceptors (Lipinski definition) is 5. The second-order valence-electron chi connectivity index (χ2n) is 6.13. The summed E-state index contributed by atoms with van der Waals surface area (Å²) in [5, 5.41) is 20.9. The lowest BCUT2D eigenvalue weighted by Crippen LogP contribution is -2.33. The van der Waals surface area contributed by atoms with Gasteiger partial charge in [-0.25, -0.2) is 0 Å². The molecule has 1 aromatic heterocycles. The number of aryl methyl sites for hydroxylation is 1. The minimum atomic E-state index is -0.609. The Morgan fingerprint density at radius 3 is 2.64 bits per heavy atom. The molecule has 6 nitrogen and oxygen atoms in total. The van der Waals surface area contributed by atoms with Gasteiger partial charge in [0.15, 0.2) is 0 Å². The molecule has 126 valence electrons. The minimum absolute atomic E-state index is 0.228. The van der Waals surface area contributed by atoms with Crippen LogP contribution in [0.5, 0.6) is 0 Å². The van der Waals surface area contributed by atoms with Crippen LogP contribution < -0.4 is 5.32 Å². The van der Waals surface area contributed by atoms with Crippen LogP contribution in [0.4, 0.5) is 0 Å². The Balaban J connectivity index is 1.52. The van der Waals surface area contributed by atoms with Crippen molar-refractivity contribution in [3.8, 4) is 11.5 Å². The molecule has 6 heteroatoms. The van der Waals surface area contributed by atoms with Gasteiger partial charge in [-0.3, -0.25) is 4.79 Å². The molecular weight excluding hydrogens is 318 g/mol. The van der Waals surface area contributed by atoms with Crippen LogP contribution in [0.15, 0.2) is 52.9 Å². The second-order valence-corrected chi connectivity index (χ2v) is 6.13. The minimum Gasteiger partial charge on any atom is -0.421 e. The Morgan fingerprint density at radius 2 is 1.92 bits per heavy atom. The zero-order valence-corrected chi connectivity index (χ0v) is 13.6. The van der Waals surface area contributed by atoms with E-state index in [0.717, 1.165) is 16.7 Å². The van der Waals surface area contributed by atoms with Crippen molar-refractivity contribution in [2.24, 2.45) is 0 Å². The van der Waals surface area contributed by atoms with E-state index in [9.17, 15) is 9.90 Å². The first-order valence-electron chi connectivity index (χ1n) is 8.09. The third-order valence-electron chi connectivity index (χ3n) is 4.41. The van der Waals surface area contributed by atoms with Gasteiger partial charge in [-0.2, -0.15) is 0 Å². The molecule has 2 atom stereocenters. The molecule has 0 fully saturated rings. The normalized spacial score (nSPS) is 18.8. The molecule has 2 unspecified atom stereocenters. The molecule has 0 saturated carbocycles. The Hall–Kier alpha value is -2.99. The molecule has 1 aliphatic carbocycles. The summed E-state index contributed by atoms with van der Waals surface area (Å²) >= 11 is 0. The van der Waals surface area contributed by atoms with Crippen LogP contribution in [0.2, 0.25) is 0 Å². The fraction of sp³-hybridized carbons (Fsp3) is 0.211. The number of benzene rings is 2. The van der Waals surface area contributed by atoms with Gasteiger partial charge in [0.1, 0.15) is 0 Å². The molecule has 2 N–H and O–H groups in total. The van der Waals surface area contributed by atoms with Crippen LogP contribution in [0, 0.1) is 6.92 Å². The summed E-state index contributed by atoms with van der Waals surface area (Å²) in [5.74, 6) is 0.685. The van der Waals surface area contributed by atoms with Crippen LogP contribution in [0.1, 0.15) is 33.4 Å². The van der Waals surface area contributed by atoms with E-state index < -0.39 is 6.10 Å². The van der Waals surface area contributed by atoms with E-state index in [0.29, 0.717) is 23.8 Å². The third-order valence-corrected chi connectivity index (χ3v) is 4.41. The summed E-state index contributed by atoms with van der Waals surface area (Å²) in [6, 6.07) is 14.3. The molecule has 3 aromatic rings. The number of carbonyl (C=O) groups is 1. The summed E-state index contributed by atoms with van der Waals surface area (Å²) in [4.78, 5) is 12.5. The predicted octanol–water partition coefficient (Wildman–Crippen LogP) is 2.43. The zero-order chi connectivity index (χ0) is 17.4. The van der Waals surface area contributed by atoms with Gasteiger partial charge in [0.25, 0.3) is 5.91 Å². The summed E-state index contributed by atoms with van der Waals surface area (Å²) in [5.41, 5.74) is 3.31. The van der Waals surface area contributed by atoms with Crippen molar-refractivity contribution < 1.29 is 14.3 Å². The lowest BCUT2D eigenvalue weighted by molar-refractivity contribution is 0.0858. The fourth-order valence-corrected chi connectivity index (χ4v) is 3.15. The second kappa shape index (κ2) is 6.14. The van der Waals surface area contributed by atoms with Gasteiger partial charge in [0, 0.05) is 24.5 Å². The van der Waals surface area contributed by atoms with Crippen LogP contribution in [0.3, 0.4) is 0 Å². The molecule has 4 rings (SSSR count). The number of aromatic nitrogens is 2. The van der Waals surface area contributed by atoms with E-state index in [1.165, 1.54) is 0 Å². The van der Waals surface area contributed by atoms with Gasteiger partial charge in [0.05, 0.1) is 12.1 Å². The quantitative estimate of drug-likeness (QED) is 0.767. The maximum atomic E-state index is 12.5. The van der Waals surface area contributed by atoms with Gasteiger partial charge < -0.3 is 14.8 Å². The van der Waals surface area contributed by atoms with Crippen molar-refractivity contribution in [1.29, 1.82) is 0 Å². The Labute approximate surface area is 144 Å². The van der Waals surface area contributed by atoms with E-state index in [4.69, 9.17) is 4.42 Å². The fourth-order valence-electron chi connectivity index (χ4n) is 3.15. The number of aliphatic hydroxyl groups excluding tert-OH is 1. The monoisotopic (exact) mass is 335 g/mol. The Kier molecular flexibility index (Phi) is 3.82. The van der Waals surface area contributed by atoms with E-state index in [1.807, 2.05) is 24.3 Å². The third kappa shape index (κ3) is 2.92. The number of hydrogen-bond donors (Lipinski definition) is 2. The number of amides is 1. The molecule has 0 bridgehead atoms. The van der Waals surface area contributed by atoms with Crippen molar-refractivity contribution in [2.75, 3.05) is 0 Å². The Bertz CT molecular complexity index is 918. The first kappa shape index (κ1) is 15.5. The topological polar surface area (TPSA) is 88.2 Å². The van der Waals surface area contributed by atoms with E-state index in [1.54, 1.807) is 31.2 Å². The lowest BCUT2D eigenvalue weighted by Gasteiger charge is -2.18.